The fourth-order valence-corrected chi connectivity index (χ4v) is 2.43. The van der Waals surface area contributed by atoms with Crippen LogP contribution in [0.5, 0.6) is 0 Å². The predicted octanol–water partition coefficient (Wildman–Crippen LogP) is 2.42. The number of hydrogen-bond donors (Lipinski definition) is 1. The minimum Gasteiger partial charge on any atom is -0.357 e. The van der Waals surface area contributed by atoms with E-state index in [0.717, 1.165) is 13.0 Å². The van der Waals surface area contributed by atoms with Crippen LogP contribution in [0.1, 0.15) is 10.4 Å². The van der Waals surface area contributed by atoms with Crippen molar-refractivity contribution in [3.8, 4) is 0 Å². The van der Waals surface area contributed by atoms with E-state index < -0.39 is 0 Å². The Hall–Kier alpha value is -1.46. The van der Waals surface area contributed by atoms with Crippen molar-refractivity contribution in [3.05, 3.63) is 46.0 Å². The van der Waals surface area contributed by atoms with E-state index in [1.165, 1.54) is 4.88 Å². The molecule has 0 saturated heterocycles. The molecule has 2 N–H and O–H groups in total. The third kappa shape index (κ3) is 2.86. The molecule has 2 heterocycles. The Kier molecular flexibility index (Phi) is 4.28. The van der Waals surface area contributed by atoms with Crippen LogP contribution in [0.3, 0.4) is 0 Å². The monoisotopic (exact) mass is 265 g/mol. The molecule has 3 nitrogen and oxygen atoms in total. The summed E-state index contributed by atoms with van der Waals surface area (Å²) in [6, 6.07) is 5.72. The first kappa shape index (κ1) is 13.0. The molecular weight excluding hydrogens is 249 g/mol. The lowest BCUT2D eigenvalue weighted by molar-refractivity contribution is 0.598. The van der Waals surface area contributed by atoms with E-state index in [-0.39, 0.29) is 12.4 Å². The van der Waals surface area contributed by atoms with E-state index >= 15 is 0 Å². The Morgan fingerprint density at radius 3 is 2.94 bits per heavy atom. The second kappa shape index (κ2) is 5.93. The number of anilines is 1. The summed E-state index contributed by atoms with van der Waals surface area (Å²) in [6.45, 7) is 0.929. The molecule has 0 bridgehead atoms. The van der Waals surface area contributed by atoms with Crippen molar-refractivity contribution in [1.82, 2.24) is 4.98 Å². The molecule has 0 saturated carbocycles. The predicted molar refractivity (Wildman–Crippen MR) is 73.4 cm³/mol. The van der Waals surface area contributed by atoms with Gasteiger partial charge in [-0.25, -0.2) is 9.37 Å². The van der Waals surface area contributed by atoms with Crippen LogP contribution in [0.25, 0.3) is 0 Å². The van der Waals surface area contributed by atoms with Crippen molar-refractivity contribution in [2.24, 2.45) is 5.73 Å². The third-order valence-electron chi connectivity index (χ3n) is 2.81. The minimum atomic E-state index is -0.311. The van der Waals surface area contributed by atoms with Gasteiger partial charge in [0.1, 0.15) is 0 Å². The first-order valence-corrected chi connectivity index (χ1v) is 6.67. The van der Waals surface area contributed by atoms with Gasteiger partial charge in [0.05, 0.1) is 0 Å². The highest BCUT2D eigenvalue weighted by molar-refractivity contribution is 7.09. The Labute approximate surface area is 110 Å². The fraction of sp³-hybridized carbons (Fsp3) is 0.308. The van der Waals surface area contributed by atoms with E-state index in [1.54, 1.807) is 23.6 Å². The van der Waals surface area contributed by atoms with Crippen LogP contribution >= 0.6 is 11.3 Å². The molecule has 2 aromatic heterocycles. The zero-order valence-electron chi connectivity index (χ0n) is 10.3. The number of halogens is 1. The lowest BCUT2D eigenvalue weighted by atomic mass is 10.2. The summed E-state index contributed by atoms with van der Waals surface area (Å²) in [4.78, 5) is 7.20. The summed E-state index contributed by atoms with van der Waals surface area (Å²) in [5, 5.41) is 2.04. The molecule has 0 unspecified atom stereocenters. The van der Waals surface area contributed by atoms with Gasteiger partial charge in [0.2, 0.25) is 0 Å². The van der Waals surface area contributed by atoms with Crippen molar-refractivity contribution in [1.29, 1.82) is 0 Å². The normalized spacial score (nSPS) is 10.6. The van der Waals surface area contributed by atoms with Crippen LogP contribution in [-0.2, 0) is 13.0 Å². The lowest BCUT2D eigenvalue weighted by Gasteiger charge is -2.19. The van der Waals surface area contributed by atoms with E-state index in [2.05, 4.69) is 11.1 Å². The maximum atomic E-state index is 14.0. The molecule has 0 spiro atoms. The summed E-state index contributed by atoms with van der Waals surface area (Å²) in [7, 11) is 1.85. The molecule has 5 heteroatoms. The average molecular weight is 265 g/mol. The van der Waals surface area contributed by atoms with Crippen molar-refractivity contribution in [2.45, 2.75) is 13.0 Å². The van der Waals surface area contributed by atoms with Gasteiger partial charge in [0.25, 0.3) is 0 Å². The number of aromatic nitrogens is 1. The first-order valence-electron chi connectivity index (χ1n) is 5.79. The molecule has 2 aromatic rings. The average Bonchev–Trinajstić information content (AvgIpc) is 2.89. The second-order valence-electron chi connectivity index (χ2n) is 4.06. The lowest BCUT2D eigenvalue weighted by Crippen LogP contribution is -2.23. The van der Waals surface area contributed by atoms with E-state index in [4.69, 9.17) is 5.73 Å². The van der Waals surface area contributed by atoms with Crippen molar-refractivity contribution < 1.29 is 4.39 Å². The van der Waals surface area contributed by atoms with Gasteiger partial charge in [-0.05, 0) is 23.9 Å². The Morgan fingerprint density at radius 2 is 2.28 bits per heavy atom. The van der Waals surface area contributed by atoms with Gasteiger partial charge >= 0.3 is 0 Å². The number of pyridine rings is 1. The third-order valence-corrected chi connectivity index (χ3v) is 3.74. The molecule has 0 amide bonds. The summed E-state index contributed by atoms with van der Waals surface area (Å²) in [5.41, 5.74) is 5.99. The van der Waals surface area contributed by atoms with E-state index in [0.29, 0.717) is 11.4 Å². The molecule has 0 aliphatic carbocycles. The summed E-state index contributed by atoms with van der Waals surface area (Å²) < 4.78 is 14.0. The smallest absolute Gasteiger partial charge is 0.170 e. The molecular formula is C13H16FN3S. The number of hydrogen-bond acceptors (Lipinski definition) is 4. The first-order chi connectivity index (χ1) is 8.72. The number of nitrogens with zero attached hydrogens (tertiary/aromatic N) is 2. The molecule has 0 fully saturated rings. The van der Waals surface area contributed by atoms with Crippen LogP contribution in [0, 0.1) is 5.82 Å². The number of likely N-dealkylation sites (N-methyl/N-ethyl adjacent to an activating group) is 1. The maximum absolute atomic E-state index is 14.0. The van der Waals surface area contributed by atoms with Gasteiger partial charge in [-0.2, -0.15) is 0 Å². The molecule has 96 valence electrons. The molecule has 0 aromatic carbocycles. The van der Waals surface area contributed by atoms with Crippen LogP contribution in [0.15, 0.2) is 29.8 Å². The van der Waals surface area contributed by atoms with E-state index in [9.17, 15) is 4.39 Å². The van der Waals surface area contributed by atoms with Crippen LogP contribution in [0.2, 0.25) is 0 Å². The standard InChI is InChI=1S/C13H16FN3S/c1-17(7-5-11-3-2-8-18-11)13-12(14)10(9-15)4-6-16-13/h2-4,6,8H,5,7,9,15H2,1H3. The van der Waals surface area contributed by atoms with Gasteiger partial charge < -0.3 is 10.6 Å². The van der Waals surface area contributed by atoms with Crippen molar-refractivity contribution >= 4 is 17.2 Å². The summed E-state index contributed by atoms with van der Waals surface area (Å²) in [6.07, 6.45) is 2.49. The van der Waals surface area contributed by atoms with E-state index in [1.807, 2.05) is 23.4 Å². The maximum Gasteiger partial charge on any atom is 0.170 e. The van der Waals surface area contributed by atoms with Gasteiger partial charge in [0, 0.05) is 36.8 Å². The highest BCUT2D eigenvalue weighted by Gasteiger charge is 2.12. The highest BCUT2D eigenvalue weighted by Crippen LogP contribution is 2.19. The van der Waals surface area contributed by atoms with Crippen LogP contribution < -0.4 is 10.6 Å². The number of rotatable bonds is 5. The molecule has 0 radical (unpaired) electrons. The van der Waals surface area contributed by atoms with Gasteiger partial charge in [-0.3, -0.25) is 0 Å². The Morgan fingerprint density at radius 1 is 1.44 bits per heavy atom. The Balaban J connectivity index is 2.06. The van der Waals surface area contributed by atoms with Crippen LogP contribution in [-0.4, -0.2) is 18.6 Å². The van der Waals surface area contributed by atoms with Crippen LogP contribution in [0.4, 0.5) is 10.2 Å². The quantitative estimate of drug-likeness (QED) is 0.902. The molecule has 0 aliphatic rings. The molecule has 0 aliphatic heterocycles. The zero-order valence-corrected chi connectivity index (χ0v) is 11.1. The van der Waals surface area contributed by atoms with Gasteiger partial charge in [0.15, 0.2) is 11.6 Å². The fourth-order valence-electron chi connectivity index (χ4n) is 1.73. The number of thiophene rings is 1. The molecule has 2 rings (SSSR count). The molecule has 18 heavy (non-hydrogen) atoms. The highest BCUT2D eigenvalue weighted by atomic mass is 32.1. The zero-order chi connectivity index (χ0) is 13.0. The summed E-state index contributed by atoms with van der Waals surface area (Å²) in [5.74, 6) is 0.0585. The van der Waals surface area contributed by atoms with Gasteiger partial charge in [-0.1, -0.05) is 6.07 Å². The largest absolute Gasteiger partial charge is 0.357 e. The van der Waals surface area contributed by atoms with Crippen molar-refractivity contribution in [3.63, 3.8) is 0 Å². The van der Waals surface area contributed by atoms with Crippen molar-refractivity contribution in [2.75, 3.05) is 18.5 Å². The minimum absolute atomic E-state index is 0.195. The topological polar surface area (TPSA) is 42.2 Å². The second-order valence-corrected chi connectivity index (χ2v) is 5.09. The van der Waals surface area contributed by atoms with Gasteiger partial charge in [-0.15, -0.1) is 11.3 Å². The molecule has 0 atom stereocenters. The Bertz CT molecular complexity index is 499. The number of nitrogens with two attached hydrogens (primary N) is 1. The summed E-state index contributed by atoms with van der Waals surface area (Å²) >= 11 is 1.71. The SMILES string of the molecule is CN(CCc1cccs1)c1nccc(CN)c1F.